The quantitative estimate of drug-likeness (QED) is 0.859. The van der Waals surface area contributed by atoms with Gasteiger partial charge in [0.2, 0.25) is 11.8 Å². The first kappa shape index (κ1) is 14.5. The fraction of sp³-hybridized carbons (Fsp3) is 0.812. The molecule has 1 saturated heterocycles. The van der Waals surface area contributed by atoms with E-state index in [1.54, 1.807) is 0 Å². The summed E-state index contributed by atoms with van der Waals surface area (Å²) < 4.78 is 5.37. The summed E-state index contributed by atoms with van der Waals surface area (Å²) in [6.07, 6.45) is 5.38. The molecule has 1 amide bonds. The van der Waals surface area contributed by atoms with Crippen molar-refractivity contribution in [2.75, 3.05) is 13.1 Å². The predicted molar refractivity (Wildman–Crippen MR) is 78.7 cm³/mol. The third kappa shape index (κ3) is 3.44. The second-order valence-electron chi connectivity index (χ2n) is 7.53. The molecule has 2 heterocycles. The summed E-state index contributed by atoms with van der Waals surface area (Å²) in [7, 11) is 0. The number of aromatic nitrogens is 2. The van der Waals surface area contributed by atoms with Gasteiger partial charge in [-0.2, -0.15) is 4.98 Å². The molecule has 1 saturated carbocycles. The molecule has 1 atom stereocenters. The highest BCUT2D eigenvalue weighted by Crippen LogP contribution is 2.38. The molecule has 0 N–H and O–H groups in total. The maximum atomic E-state index is 12.4. The summed E-state index contributed by atoms with van der Waals surface area (Å²) >= 11 is 0. The number of carbonyl (C=O) groups excluding carboxylic acids is 1. The number of nitrogens with zero attached hydrogens (tertiary/aromatic N) is 3. The molecule has 1 aliphatic heterocycles. The Hall–Kier alpha value is -1.39. The highest BCUT2D eigenvalue weighted by molar-refractivity contribution is 5.81. The highest BCUT2D eigenvalue weighted by Gasteiger charge is 2.32. The third-order valence-corrected chi connectivity index (χ3v) is 4.34. The van der Waals surface area contributed by atoms with E-state index in [2.05, 4.69) is 10.1 Å². The van der Waals surface area contributed by atoms with Gasteiger partial charge in [0.1, 0.15) is 0 Å². The van der Waals surface area contributed by atoms with Gasteiger partial charge in [-0.05, 0) is 31.6 Å². The van der Waals surface area contributed by atoms with Crippen LogP contribution in [0.1, 0.15) is 64.1 Å². The van der Waals surface area contributed by atoms with Crippen molar-refractivity contribution in [1.82, 2.24) is 15.0 Å². The lowest BCUT2D eigenvalue weighted by Crippen LogP contribution is -2.45. The normalized spacial score (nSPS) is 23.4. The number of piperidine rings is 1. The Morgan fingerprint density at radius 3 is 2.76 bits per heavy atom. The SMILES string of the molecule is CC(C)(C)C(=O)N1CCC[C@H](Cc2nc(C3CC3)no2)C1. The summed E-state index contributed by atoms with van der Waals surface area (Å²) in [5.41, 5.74) is -0.300. The molecule has 1 aliphatic carbocycles. The average Bonchev–Trinajstić information content (AvgIpc) is 3.18. The Bertz CT molecular complexity index is 514. The van der Waals surface area contributed by atoms with Crippen molar-refractivity contribution < 1.29 is 9.32 Å². The monoisotopic (exact) mass is 291 g/mol. The van der Waals surface area contributed by atoms with Crippen LogP contribution in [-0.4, -0.2) is 34.0 Å². The summed E-state index contributed by atoms with van der Waals surface area (Å²) in [6.45, 7) is 7.65. The fourth-order valence-corrected chi connectivity index (χ4v) is 3.00. The lowest BCUT2D eigenvalue weighted by Gasteiger charge is -2.36. The van der Waals surface area contributed by atoms with Crippen molar-refractivity contribution >= 4 is 5.91 Å². The van der Waals surface area contributed by atoms with Gasteiger partial charge in [-0.15, -0.1) is 0 Å². The van der Waals surface area contributed by atoms with Crippen molar-refractivity contribution in [2.45, 2.75) is 58.8 Å². The maximum Gasteiger partial charge on any atom is 0.227 e. The molecule has 0 aromatic carbocycles. The largest absolute Gasteiger partial charge is 0.342 e. The molecule has 2 aliphatic rings. The van der Waals surface area contributed by atoms with Gasteiger partial charge >= 0.3 is 0 Å². The number of rotatable bonds is 3. The van der Waals surface area contributed by atoms with Gasteiger partial charge in [0.25, 0.3) is 0 Å². The van der Waals surface area contributed by atoms with Gasteiger partial charge in [0.15, 0.2) is 5.82 Å². The van der Waals surface area contributed by atoms with E-state index >= 15 is 0 Å². The van der Waals surface area contributed by atoms with Crippen LogP contribution in [0.4, 0.5) is 0 Å². The van der Waals surface area contributed by atoms with Crippen LogP contribution < -0.4 is 0 Å². The molecule has 116 valence electrons. The van der Waals surface area contributed by atoms with E-state index in [0.717, 1.165) is 44.1 Å². The molecule has 0 spiro atoms. The zero-order valence-electron chi connectivity index (χ0n) is 13.3. The highest BCUT2D eigenvalue weighted by atomic mass is 16.5. The third-order valence-electron chi connectivity index (χ3n) is 4.34. The molecular weight excluding hydrogens is 266 g/mol. The zero-order chi connectivity index (χ0) is 15.0. The van der Waals surface area contributed by atoms with Crippen LogP contribution in [0.3, 0.4) is 0 Å². The molecule has 3 rings (SSSR count). The lowest BCUT2D eigenvalue weighted by atomic mass is 9.90. The Morgan fingerprint density at radius 1 is 1.33 bits per heavy atom. The van der Waals surface area contributed by atoms with E-state index in [-0.39, 0.29) is 11.3 Å². The topological polar surface area (TPSA) is 59.2 Å². The smallest absolute Gasteiger partial charge is 0.227 e. The van der Waals surface area contributed by atoms with E-state index in [1.807, 2.05) is 25.7 Å². The second kappa shape index (κ2) is 5.43. The van der Waals surface area contributed by atoms with Gasteiger partial charge in [-0.3, -0.25) is 4.79 Å². The Labute approximate surface area is 126 Å². The Balaban J connectivity index is 1.59. The number of hydrogen-bond donors (Lipinski definition) is 0. The van der Waals surface area contributed by atoms with E-state index in [1.165, 1.54) is 12.8 Å². The Kier molecular flexibility index (Phi) is 3.76. The fourth-order valence-electron chi connectivity index (χ4n) is 3.00. The summed E-state index contributed by atoms with van der Waals surface area (Å²) in [5.74, 6) is 2.84. The van der Waals surface area contributed by atoms with E-state index in [9.17, 15) is 4.79 Å². The van der Waals surface area contributed by atoms with Crippen LogP contribution in [0, 0.1) is 11.3 Å². The molecule has 0 unspecified atom stereocenters. The predicted octanol–water partition coefficient (Wildman–Crippen LogP) is 2.77. The second-order valence-corrected chi connectivity index (χ2v) is 7.53. The van der Waals surface area contributed by atoms with Crippen LogP contribution in [-0.2, 0) is 11.2 Å². The van der Waals surface area contributed by atoms with Crippen molar-refractivity contribution in [3.8, 4) is 0 Å². The van der Waals surface area contributed by atoms with E-state index in [0.29, 0.717) is 11.8 Å². The lowest BCUT2D eigenvalue weighted by molar-refractivity contribution is -0.141. The molecule has 1 aromatic heterocycles. The summed E-state index contributed by atoms with van der Waals surface area (Å²) in [5, 5.41) is 4.07. The van der Waals surface area contributed by atoms with Crippen molar-refractivity contribution in [2.24, 2.45) is 11.3 Å². The number of amides is 1. The van der Waals surface area contributed by atoms with Gasteiger partial charge in [-0.25, -0.2) is 0 Å². The molecule has 2 fully saturated rings. The molecule has 21 heavy (non-hydrogen) atoms. The Morgan fingerprint density at radius 2 is 2.10 bits per heavy atom. The van der Waals surface area contributed by atoms with Crippen LogP contribution >= 0.6 is 0 Å². The number of hydrogen-bond acceptors (Lipinski definition) is 4. The van der Waals surface area contributed by atoms with Crippen LogP contribution in [0.2, 0.25) is 0 Å². The molecule has 5 nitrogen and oxygen atoms in total. The molecular formula is C16H25N3O2. The molecule has 0 bridgehead atoms. The van der Waals surface area contributed by atoms with Crippen LogP contribution in [0.25, 0.3) is 0 Å². The first-order valence-electron chi connectivity index (χ1n) is 8.05. The first-order valence-corrected chi connectivity index (χ1v) is 8.05. The molecule has 0 radical (unpaired) electrons. The number of carbonyl (C=O) groups is 1. The van der Waals surface area contributed by atoms with Crippen molar-refractivity contribution in [1.29, 1.82) is 0 Å². The maximum absolute atomic E-state index is 12.4. The minimum Gasteiger partial charge on any atom is -0.342 e. The zero-order valence-corrected chi connectivity index (χ0v) is 13.3. The molecule has 5 heteroatoms. The summed E-state index contributed by atoms with van der Waals surface area (Å²) in [4.78, 5) is 18.9. The van der Waals surface area contributed by atoms with Gasteiger partial charge in [0, 0.05) is 30.8 Å². The van der Waals surface area contributed by atoms with Gasteiger partial charge in [0.05, 0.1) is 0 Å². The molecule has 1 aromatic rings. The van der Waals surface area contributed by atoms with Gasteiger partial charge < -0.3 is 9.42 Å². The van der Waals surface area contributed by atoms with Crippen molar-refractivity contribution in [3.05, 3.63) is 11.7 Å². The first-order chi connectivity index (χ1) is 9.93. The van der Waals surface area contributed by atoms with E-state index < -0.39 is 0 Å². The van der Waals surface area contributed by atoms with E-state index in [4.69, 9.17) is 4.52 Å². The van der Waals surface area contributed by atoms with Crippen LogP contribution in [0.5, 0.6) is 0 Å². The average molecular weight is 291 g/mol. The minimum atomic E-state index is -0.300. The standard InChI is InChI=1S/C16H25N3O2/c1-16(2,3)15(20)19-8-4-5-11(10-19)9-13-17-14(18-21-13)12-6-7-12/h11-12H,4-10H2,1-3H3/t11-/m1/s1. The summed E-state index contributed by atoms with van der Waals surface area (Å²) in [6, 6.07) is 0. The van der Waals surface area contributed by atoms with Crippen LogP contribution in [0.15, 0.2) is 4.52 Å². The number of likely N-dealkylation sites (tertiary alicyclic amines) is 1. The van der Waals surface area contributed by atoms with Crippen molar-refractivity contribution in [3.63, 3.8) is 0 Å². The minimum absolute atomic E-state index is 0.247. The van der Waals surface area contributed by atoms with Gasteiger partial charge in [-0.1, -0.05) is 25.9 Å².